The molecule has 0 saturated heterocycles. The molecule has 16 heavy (non-hydrogen) atoms. The van der Waals surface area contributed by atoms with E-state index in [0.717, 1.165) is 29.9 Å². The topological polar surface area (TPSA) is 68.5 Å². The van der Waals surface area contributed by atoms with Gasteiger partial charge in [-0.05, 0) is 12.3 Å². The number of aromatic nitrogens is 5. The molecular formula is C10H16N6. The van der Waals surface area contributed by atoms with Gasteiger partial charge in [-0.15, -0.1) is 5.10 Å². The minimum atomic E-state index is 0.673. The van der Waals surface area contributed by atoms with E-state index in [0.29, 0.717) is 5.92 Å². The molecule has 1 N–H and O–H groups in total. The Kier molecular flexibility index (Phi) is 2.98. The summed E-state index contributed by atoms with van der Waals surface area (Å²) in [5.41, 5.74) is 1.48. The molecule has 6 nitrogen and oxygen atoms in total. The predicted molar refractivity (Wildman–Crippen MR) is 62.0 cm³/mol. The lowest BCUT2D eigenvalue weighted by atomic mass is 10.1. The number of fused-ring (bicyclic) bond motifs is 1. The summed E-state index contributed by atoms with van der Waals surface area (Å²) in [6, 6.07) is 0. The Hall–Kier alpha value is -1.72. The quantitative estimate of drug-likeness (QED) is 0.839. The standard InChI is InChI=1S/C10H16N6/c1-7(2)4-5-11-9-8-10(13-6-12-9)16(3)15-14-8/h6-7H,4-5H2,1-3H3,(H,11,12,13). The molecule has 0 amide bonds. The largest absolute Gasteiger partial charge is 0.368 e. The molecule has 86 valence electrons. The summed E-state index contributed by atoms with van der Waals surface area (Å²) in [5, 5.41) is 11.2. The monoisotopic (exact) mass is 220 g/mol. The van der Waals surface area contributed by atoms with Crippen molar-refractivity contribution in [1.29, 1.82) is 0 Å². The maximum absolute atomic E-state index is 4.18. The fraction of sp³-hybridized carbons (Fsp3) is 0.600. The summed E-state index contributed by atoms with van der Waals surface area (Å²) in [4.78, 5) is 8.31. The van der Waals surface area contributed by atoms with E-state index in [2.05, 4.69) is 39.4 Å². The van der Waals surface area contributed by atoms with Gasteiger partial charge in [-0.3, -0.25) is 0 Å². The van der Waals surface area contributed by atoms with E-state index in [9.17, 15) is 0 Å². The first-order valence-electron chi connectivity index (χ1n) is 5.42. The van der Waals surface area contributed by atoms with E-state index in [4.69, 9.17) is 0 Å². The van der Waals surface area contributed by atoms with Gasteiger partial charge in [-0.2, -0.15) is 0 Å². The highest BCUT2D eigenvalue weighted by molar-refractivity contribution is 5.81. The van der Waals surface area contributed by atoms with Crippen LogP contribution in [0.4, 0.5) is 5.82 Å². The van der Waals surface area contributed by atoms with Crippen LogP contribution >= 0.6 is 0 Å². The van der Waals surface area contributed by atoms with Crippen molar-refractivity contribution in [2.45, 2.75) is 20.3 Å². The van der Waals surface area contributed by atoms with Crippen LogP contribution in [-0.4, -0.2) is 31.5 Å². The van der Waals surface area contributed by atoms with Gasteiger partial charge < -0.3 is 5.32 Å². The van der Waals surface area contributed by atoms with Crippen LogP contribution in [0.25, 0.3) is 11.2 Å². The van der Waals surface area contributed by atoms with Crippen molar-refractivity contribution in [2.24, 2.45) is 13.0 Å². The molecule has 0 aromatic carbocycles. The second-order valence-corrected chi connectivity index (χ2v) is 4.22. The third kappa shape index (κ3) is 2.10. The fourth-order valence-electron chi connectivity index (χ4n) is 1.46. The molecule has 0 bridgehead atoms. The molecule has 0 atom stereocenters. The molecule has 0 spiro atoms. The highest BCUT2D eigenvalue weighted by Crippen LogP contribution is 2.15. The highest BCUT2D eigenvalue weighted by Gasteiger charge is 2.08. The highest BCUT2D eigenvalue weighted by atomic mass is 15.4. The van der Waals surface area contributed by atoms with Crippen LogP contribution in [-0.2, 0) is 7.05 Å². The summed E-state index contributed by atoms with van der Waals surface area (Å²) >= 11 is 0. The zero-order valence-electron chi connectivity index (χ0n) is 9.80. The van der Waals surface area contributed by atoms with E-state index >= 15 is 0 Å². The number of anilines is 1. The Bertz CT molecular complexity index is 475. The molecule has 2 rings (SSSR count). The van der Waals surface area contributed by atoms with Crippen LogP contribution in [0.5, 0.6) is 0 Å². The second-order valence-electron chi connectivity index (χ2n) is 4.22. The Morgan fingerprint density at radius 1 is 1.38 bits per heavy atom. The normalized spacial score (nSPS) is 11.2. The minimum Gasteiger partial charge on any atom is -0.368 e. The van der Waals surface area contributed by atoms with Gasteiger partial charge in [-0.25, -0.2) is 14.6 Å². The van der Waals surface area contributed by atoms with Crippen molar-refractivity contribution >= 4 is 17.0 Å². The first-order valence-corrected chi connectivity index (χ1v) is 5.42. The lowest BCUT2D eigenvalue weighted by Gasteiger charge is -2.07. The van der Waals surface area contributed by atoms with Gasteiger partial charge in [0.2, 0.25) is 0 Å². The molecule has 0 fully saturated rings. The maximum Gasteiger partial charge on any atom is 0.183 e. The zero-order valence-corrected chi connectivity index (χ0v) is 9.80. The lowest BCUT2D eigenvalue weighted by Crippen LogP contribution is -2.07. The Balaban J connectivity index is 2.17. The molecule has 2 aromatic heterocycles. The number of nitrogens with zero attached hydrogens (tertiary/aromatic N) is 5. The molecule has 0 aliphatic carbocycles. The average molecular weight is 220 g/mol. The summed E-state index contributed by atoms with van der Waals surface area (Å²) in [7, 11) is 1.82. The van der Waals surface area contributed by atoms with Gasteiger partial charge in [0.1, 0.15) is 6.33 Å². The lowest BCUT2D eigenvalue weighted by molar-refractivity contribution is 0.607. The van der Waals surface area contributed by atoms with Crippen molar-refractivity contribution in [3.05, 3.63) is 6.33 Å². The fourth-order valence-corrected chi connectivity index (χ4v) is 1.46. The molecule has 0 aliphatic heterocycles. The van der Waals surface area contributed by atoms with Gasteiger partial charge in [0.25, 0.3) is 0 Å². The Morgan fingerprint density at radius 3 is 2.94 bits per heavy atom. The van der Waals surface area contributed by atoms with Crippen molar-refractivity contribution in [1.82, 2.24) is 25.0 Å². The minimum absolute atomic E-state index is 0.673. The number of hydrogen-bond donors (Lipinski definition) is 1. The Morgan fingerprint density at radius 2 is 2.19 bits per heavy atom. The van der Waals surface area contributed by atoms with Gasteiger partial charge in [0.05, 0.1) is 0 Å². The molecule has 6 heteroatoms. The number of rotatable bonds is 4. The van der Waals surface area contributed by atoms with Crippen LogP contribution in [0.2, 0.25) is 0 Å². The van der Waals surface area contributed by atoms with Crippen LogP contribution in [0, 0.1) is 5.92 Å². The summed E-state index contributed by atoms with van der Waals surface area (Å²) in [6.45, 7) is 5.28. The van der Waals surface area contributed by atoms with Crippen molar-refractivity contribution in [3.8, 4) is 0 Å². The number of nitrogens with one attached hydrogen (secondary N) is 1. The average Bonchev–Trinajstić information content (AvgIpc) is 2.61. The first kappa shape index (κ1) is 10.8. The van der Waals surface area contributed by atoms with E-state index in [1.54, 1.807) is 4.68 Å². The van der Waals surface area contributed by atoms with E-state index < -0.39 is 0 Å². The summed E-state index contributed by atoms with van der Waals surface area (Å²) in [6.07, 6.45) is 2.63. The van der Waals surface area contributed by atoms with E-state index in [-0.39, 0.29) is 0 Å². The molecule has 2 heterocycles. The number of aryl methyl sites for hydroxylation is 1. The second kappa shape index (κ2) is 4.42. The van der Waals surface area contributed by atoms with Crippen molar-refractivity contribution < 1.29 is 0 Å². The third-order valence-corrected chi connectivity index (χ3v) is 2.40. The number of hydrogen-bond acceptors (Lipinski definition) is 5. The van der Waals surface area contributed by atoms with Crippen LogP contribution < -0.4 is 5.32 Å². The zero-order chi connectivity index (χ0) is 11.5. The Labute approximate surface area is 94.1 Å². The van der Waals surface area contributed by atoms with Crippen LogP contribution in [0.15, 0.2) is 6.33 Å². The molecule has 0 radical (unpaired) electrons. The molecular weight excluding hydrogens is 204 g/mol. The molecule has 0 saturated carbocycles. The van der Waals surface area contributed by atoms with Crippen LogP contribution in [0.3, 0.4) is 0 Å². The van der Waals surface area contributed by atoms with Gasteiger partial charge in [-0.1, -0.05) is 19.1 Å². The summed E-state index contributed by atoms with van der Waals surface area (Å²) < 4.78 is 1.64. The van der Waals surface area contributed by atoms with Crippen LogP contribution in [0.1, 0.15) is 20.3 Å². The molecule has 2 aromatic rings. The van der Waals surface area contributed by atoms with E-state index in [1.165, 1.54) is 6.33 Å². The summed E-state index contributed by atoms with van der Waals surface area (Å²) in [5.74, 6) is 1.44. The molecule has 0 aliphatic rings. The third-order valence-electron chi connectivity index (χ3n) is 2.40. The first-order chi connectivity index (χ1) is 7.68. The van der Waals surface area contributed by atoms with Gasteiger partial charge >= 0.3 is 0 Å². The smallest absolute Gasteiger partial charge is 0.183 e. The van der Waals surface area contributed by atoms with Crippen molar-refractivity contribution in [3.63, 3.8) is 0 Å². The maximum atomic E-state index is 4.18. The molecule has 0 unspecified atom stereocenters. The van der Waals surface area contributed by atoms with Gasteiger partial charge in [0.15, 0.2) is 17.0 Å². The predicted octanol–water partition coefficient (Wildman–Crippen LogP) is 1.22. The van der Waals surface area contributed by atoms with Gasteiger partial charge in [0, 0.05) is 13.6 Å². The van der Waals surface area contributed by atoms with Crippen molar-refractivity contribution in [2.75, 3.05) is 11.9 Å². The van der Waals surface area contributed by atoms with E-state index in [1.807, 2.05) is 7.05 Å². The SMILES string of the molecule is CC(C)CCNc1ncnc2c1nnn2C.